The lowest BCUT2D eigenvalue weighted by Crippen LogP contribution is -1.84. The maximum Gasteiger partial charge on any atom is 0.328 e. The van der Waals surface area contributed by atoms with Crippen LogP contribution in [0.4, 0.5) is 0 Å². The molecule has 0 rings (SSSR count). The number of aliphatic carboxylic acids is 1. The number of carboxylic acid groups (broad SMARTS) is 1. The Kier molecular flexibility index (Phi) is 9.28. The van der Waals surface area contributed by atoms with E-state index in [0.717, 1.165) is 12.5 Å². The van der Waals surface area contributed by atoms with Crippen LogP contribution in [-0.4, -0.2) is 11.1 Å². The Hall–Kier alpha value is -1.05. The molecule has 0 saturated heterocycles. The van der Waals surface area contributed by atoms with Gasteiger partial charge in [-0.15, -0.1) is 0 Å². The summed E-state index contributed by atoms with van der Waals surface area (Å²) in [6, 6.07) is 0. The molecule has 0 spiro atoms. The normalized spacial score (nSPS) is 11.5. The minimum Gasteiger partial charge on any atom is -0.478 e. The predicted octanol–water partition coefficient (Wildman–Crippen LogP) is 3.54. The fourth-order valence-corrected chi connectivity index (χ4v) is 1.18. The van der Waals surface area contributed by atoms with Gasteiger partial charge in [0.15, 0.2) is 0 Å². The zero-order valence-electron chi connectivity index (χ0n) is 8.91. The van der Waals surface area contributed by atoms with Crippen molar-refractivity contribution in [2.45, 2.75) is 45.4 Å². The maximum absolute atomic E-state index is 10.1. The molecule has 0 aromatic rings. The number of rotatable bonds is 8. The van der Waals surface area contributed by atoms with Crippen molar-refractivity contribution < 1.29 is 9.90 Å². The first-order valence-electron chi connectivity index (χ1n) is 5.33. The van der Waals surface area contributed by atoms with Crippen LogP contribution in [-0.2, 0) is 4.79 Å². The minimum atomic E-state index is -0.891. The molecule has 0 aliphatic rings. The molecule has 0 heterocycles. The zero-order chi connectivity index (χ0) is 10.6. The van der Waals surface area contributed by atoms with Crippen LogP contribution in [0.15, 0.2) is 24.3 Å². The first-order valence-corrected chi connectivity index (χ1v) is 5.33. The van der Waals surface area contributed by atoms with Gasteiger partial charge in [-0.2, -0.15) is 0 Å². The van der Waals surface area contributed by atoms with Gasteiger partial charge in [0, 0.05) is 6.08 Å². The first kappa shape index (κ1) is 12.9. The van der Waals surface area contributed by atoms with Crippen molar-refractivity contribution in [3.05, 3.63) is 24.3 Å². The smallest absolute Gasteiger partial charge is 0.328 e. The molecule has 0 bridgehead atoms. The summed E-state index contributed by atoms with van der Waals surface area (Å²) in [5, 5.41) is 8.29. The molecule has 0 fully saturated rings. The van der Waals surface area contributed by atoms with Crippen LogP contribution in [0.5, 0.6) is 0 Å². The van der Waals surface area contributed by atoms with E-state index in [2.05, 4.69) is 6.92 Å². The number of allylic oxidation sites excluding steroid dienone is 3. The van der Waals surface area contributed by atoms with E-state index in [4.69, 9.17) is 5.11 Å². The molecule has 0 saturated carbocycles. The molecule has 0 aromatic carbocycles. The molecule has 2 heteroatoms. The average molecular weight is 196 g/mol. The van der Waals surface area contributed by atoms with Gasteiger partial charge >= 0.3 is 5.97 Å². The Bertz CT molecular complexity index is 192. The maximum atomic E-state index is 10.1. The van der Waals surface area contributed by atoms with Crippen molar-refractivity contribution in [1.29, 1.82) is 0 Å². The molecule has 14 heavy (non-hydrogen) atoms. The van der Waals surface area contributed by atoms with Gasteiger partial charge in [0.25, 0.3) is 0 Å². The average Bonchev–Trinajstić information content (AvgIpc) is 2.15. The lowest BCUT2D eigenvalue weighted by molar-refractivity contribution is -0.131. The van der Waals surface area contributed by atoms with Gasteiger partial charge in [-0.1, -0.05) is 50.8 Å². The lowest BCUT2D eigenvalue weighted by atomic mass is 10.1. The minimum absolute atomic E-state index is 0.891. The molecule has 0 aromatic heterocycles. The lowest BCUT2D eigenvalue weighted by Gasteiger charge is -1.95. The predicted molar refractivity (Wildman–Crippen MR) is 59.3 cm³/mol. The summed E-state index contributed by atoms with van der Waals surface area (Å²) < 4.78 is 0. The summed E-state index contributed by atoms with van der Waals surface area (Å²) in [5.74, 6) is -0.891. The van der Waals surface area contributed by atoms with Crippen LogP contribution in [0.2, 0.25) is 0 Å². The van der Waals surface area contributed by atoms with Crippen molar-refractivity contribution in [3.8, 4) is 0 Å². The molecule has 0 unspecified atom stereocenters. The Morgan fingerprint density at radius 2 is 1.86 bits per heavy atom. The van der Waals surface area contributed by atoms with Crippen LogP contribution in [0.25, 0.3) is 0 Å². The summed E-state index contributed by atoms with van der Waals surface area (Å²) >= 11 is 0. The highest BCUT2D eigenvalue weighted by atomic mass is 16.4. The zero-order valence-corrected chi connectivity index (χ0v) is 8.91. The number of unbranched alkanes of at least 4 members (excludes halogenated alkanes) is 5. The van der Waals surface area contributed by atoms with E-state index in [0.29, 0.717) is 0 Å². The van der Waals surface area contributed by atoms with Gasteiger partial charge in [-0.3, -0.25) is 0 Å². The number of carboxylic acids is 1. The summed E-state index contributed by atoms with van der Waals surface area (Å²) in [5.41, 5.74) is 0. The second-order valence-corrected chi connectivity index (χ2v) is 3.33. The van der Waals surface area contributed by atoms with Crippen molar-refractivity contribution in [2.24, 2.45) is 0 Å². The Morgan fingerprint density at radius 3 is 2.50 bits per heavy atom. The molecule has 1 N–H and O–H groups in total. The van der Waals surface area contributed by atoms with E-state index in [1.807, 2.05) is 6.08 Å². The van der Waals surface area contributed by atoms with Crippen LogP contribution in [0.3, 0.4) is 0 Å². The monoisotopic (exact) mass is 196 g/mol. The number of hydrogen-bond acceptors (Lipinski definition) is 1. The Morgan fingerprint density at radius 1 is 1.14 bits per heavy atom. The largest absolute Gasteiger partial charge is 0.478 e. The standard InChI is InChI=1S/C12H20O2/c1-2-3-4-5-6-7-8-9-10-11-12(13)14/h8-11H,2-7H2,1H3,(H,13,14)/b9-8-,11-10+. The quantitative estimate of drug-likeness (QED) is 0.366. The summed E-state index contributed by atoms with van der Waals surface area (Å²) in [4.78, 5) is 10.1. The van der Waals surface area contributed by atoms with Gasteiger partial charge in [0.2, 0.25) is 0 Å². The van der Waals surface area contributed by atoms with E-state index < -0.39 is 5.97 Å². The van der Waals surface area contributed by atoms with Crippen LogP contribution >= 0.6 is 0 Å². The van der Waals surface area contributed by atoms with Crippen LogP contribution < -0.4 is 0 Å². The summed E-state index contributed by atoms with van der Waals surface area (Å²) in [6.45, 7) is 2.20. The van der Waals surface area contributed by atoms with E-state index in [9.17, 15) is 4.79 Å². The topological polar surface area (TPSA) is 37.3 Å². The van der Waals surface area contributed by atoms with Gasteiger partial charge in [0.1, 0.15) is 0 Å². The Balaban J connectivity index is 3.23. The SMILES string of the molecule is CCCCCCC/C=C\C=C\C(=O)O. The van der Waals surface area contributed by atoms with Crippen LogP contribution in [0, 0.1) is 0 Å². The van der Waals surface area contributed by atoms with Crippen molar-refractivity contribution in [3.63, 3.8) is 0 Å². The fraction of sp³-hybridized carbons (Fsp3) is 0.583. The van der Waals surface area contributed by atoms with Gasteiger partial charge in [-0.05, 0) is 12.8 Å². The molecule has 0 aliphatic heterocycles. The molecular weight excluding hydrogens is 176 g/mol. The molecular formula is C12H20O2. The van der Waals surface area contributed by atoms with Crippen molar-refractivity contribution in [1.82, 2.24) is 0 Å². The van der Waals surface area contributed by atoms with Gasteiger partial charge in [-0.25, -0.2) is 4.79 Å². The third-order valence-electron chi connectivity index (χ3n) is 1.96. The number of carbonyl (C=O) groups is 1. The highest BCUT2D eigenvalue weighted by Crippen LogP contribution is 2.05. The highest BCUT2D eigenvalue weighted by Gasteiger charge is 1.86. The molecule has 0 atom stereocenters. The van der Waals surface area contributed by atoms with E-state index in [1.54, 1.807) is 12.2 Å². The molecule has 0 amide bonds. The van der Waals surface area contributed by atoms with E-state index in [-0.39, 0.29) is 0 Å². The highest BCUT2D eigenvalue weighted by molar-refractivity contribution is 5.80. The van der Waals surface area contributed by atoms with Crippen molar-refractivity contribution in [2.75, 3.05) is 0 Å². The van der Waals surface area contributed by atoms with E-state index in [1.165, 1.54) is 32.1 Å². The van der Waals surface area contributed by atoms with E-state index >= 15 is 0 Å². The molecule has 2 nitrogen and oxygen atoms in total. The Labute approximate surface area is 86.3 Å². The fourth-order valence-electron chi connectivity index (χ4n) is 1.18. The summed E-state index contributed by atoms with van der Waals surface area (Å²) in [6.07, 6.45) is 14.0. The van der Waals surface area contributed by atoms with Crippen molar-refractivity contribution >= 4 is 5.97 Å². The van der Waals surface area contributed by atoms with Gasteiger partial charge in [0.05, 0.1) is 0 Å². The third-order valence-corrected chi connectivity index (χ3v) is 1.96. The number of hydrogen-bond donors (Lipinski definition) is 1. The molecule has 0 aliphatic carbocycles. The second kappa shape index (κ2) is 10.0. The third kappa shape index (κ3) is 11.0. The van der Waals surface area contributed by atoms with Crippen LogP contribution in [0.1, 0.15) is 45.4 Å². The molecule has 80 valence electrons. The second-order valence-electron chi connectivity index (χ2n) is 3.33. The first-order chi connectivity index (χ1) is 6.77. The summed E-state index contributed by atoms with van der Waals surface area (Å²) in [7, 11) is 0. The molecule has 0 radical (unpaired) electrons. The van der Waals surface area contributed by atoms with Gasteiger partial charge < -0.3 is 5.11 Å².